The van der Waals surface area contributed by atoms with E-state index in [2.05, 4.69) is 32.2 Å². The zero-order chi connectivity index (χ0) is 19.7. The molecule has 0 amide bonds. The van der Waals surface area contributed by atoms with Gasteiger partial charge in [0.15, 0.2) is 0 Å². The van der Waals surface area contributed by atoms with E-state index in [1.807, 2.05) is 0 Å². The van der Waals surface area contributed by atoms with Gasteiger partial charge in [0.25, 0.3) is 0 Å². The Hall–Kier alpha value is -0.670. The van der Waals surface area contributed by atoms with Crippen molar-refractivity contribution in [2.75, 3.05) is 13.1 Å². The van der Waals surface area contributed by atoms with E-state index in [-0.39, 0.29) is 22.9 Å². The Morgan fingerprint density at radius 2 is 1.93 bits per heavy atom. The van der Waals surface area contributed by atoms with Crippen LogP contribution in [-0.4, -0.2) is 30.1 Å². The van der Waals surface area contributed by atoms with Crippen molar-refractivity contribution in [3.63, 3.8) is 0 Å². The van der Waals surface area contributed by atoms with Crippen LogP contribution >= 0.6 is 0 Å². The van der Waals surface area contributed by atoms with Crippen molar-refractivity contribution in [3.05, 3.63) is 11.6 Å². The van der Waals surface area contributed by atoms with E-state index in [1.54, 1.807) is 0 Å². The van der Waals surface area contributed by atoms with Gasteiger partial charge >= 0.3 is 0 Å². The van der Waals surface area contributed by atoms with Crippen molar-refractivity contribution in [1.29, 1.82) is 0 Å². The fraction of sp³-hybridized carbons (Fsp3) is 0.880. The first-order valence-corrected chi connectivity index (χ1v) is 12.0. The first-order chi connectivity index (χ1) is 13.3. The molecular formula is C25H39NO2. The number of rotatable bonds is 1. The number of carbonyl (C=O) groups is 1. The SMILES string of the molecule is CC1C=C2CC(O)CC[C@]2(C)[C@@H]2CC[C@]3(C)C(C4CCCNC4)C(=O)C[C@H]3[C@H]12. The summed E-state index contributed by atoms with van der Waals surface area (Å²) in [5, 5.41) is 13.8. The van der Waals surface area contributed by atoms with Crippen molar-refractivity contribution in [1.82, 2.24) is 5.32 Å². The summed E-state index contributed by atoms with van der Waals surface area (Å²) in [4.78, 5) is 13.4. The monoisotopic (exact) mass is 385 g/mol. The molecule has 4 fully saturated rings. The summed E-state index contributed by atoms with van der Waals surface area (Å²) in [6.45, 7) is 9.53. The van der Waals surface area contributed by atoms with Crippen LogP contribution in [0.1, 0.15) is 72.1 Å². The largest absolute Gasteiger partial charge is 0.393 e. The van der Waals surface area contributed by atoms with E-state index in [4.69, 9.17) is 0 Å². The maximum absolute atomic E-state index is 13.4. The standard InChI is InChI=1S/C25H39NO2/c1-15-11-17-12-18(27)6-8-24(17,2)19-7-9-25(3)20(22(15)19)13-21(28)23(25)16-5-4-10-26-14-16/h11,15-16,18-20,22-23,26-27H,4-10,12-14H2,1-3H3/t15?,16?,18?,19-,20+,22-,23?,24+,25+/m1/s1. The highest BCUT2D eigenvalue weighted by Gasteiger charge is 2.63. The molecule has 0 aromatic carbocycles. The van der Waals surface area contributed by atoms with Crippen LogP contribution in [0.15, 0.2) is 11.6 Å². The maximum Gasteiger partial charge on any atom is 0.137 e. The third kappa shape index (κ3) is 2.64. The van der Waals surface area contributed by atoms with Crippen LogP contribution < -0.4 is 5.32 Å². The van der Waals surface area contributed by atoms with Crippen LogP contribution in [0, 0.1) is 46.3 Å². The van der Waals surface area contributed by atoms with Crippen molar-refractivity contribution in [3.8, 4) is 0 Å². The first-order valence-electron chi connectivity index (χ1n) is 12.0. The second-order valence-electron chi connectivity index (χ2n) is 11.5. The number of carbonyl (C=O) groups excluding carboxylic acids is 1. The second kappa shape index (κ2) is 6.67. The number of piperidine rings is 1. The van der Waals surface area contributed by atoms with Crippen molar-refractivity contribution >= 4 is 5.78 Å². The van der Waals surface area contributed by atoms with Gasteiger partial charge in [-0.05, 0) is 98.5 Å². The fourth-order valence-electron chi connectivity index (χ4n) is 8.80. The molecule has 0 aromatic rings. The molecule has 9 atom stereocenters. The molecular weight excluding hydrogens is 346 g/mol. The average molecular weight is 386 g/mol. The first kappa shape index (κ1) is 19.3. The van der Waals surface area contributed by atoms with Gasteiger partial charge in [0.2, 0.25) is 0 Å². The normalized spacial score (nSPS) is 53.8. The molecule has 5 aliphatic rings. The molecule has 5 rings (SSSR count). The summed E-state index contributed by atoms with van der Waals surface area (Å²) < 4.78 is 0. The number of nitrogens with one attached hydrogen (secondary N) is 1. The predicted molar refractivity (Wildman–Crippen MR) is 112 cm³/mol. The van der Waals surface area contributed by atoms with Crippen LogP contribution in [0.3, 0.4) is 0 Å². The zero-order valence-electron chi connectivity index (χ0n) is 18.0. The lowest BCUT2D eigenvalue weighted by atomic mass is 9.45. The lowest BCUT2D eigenvalue weighted by Crippen LogP contribution is -2.53. The van der Waals surface area contributed by atoms with E-state index in [0.29, 0.717) is 35.4 Å². The molecule has 0 aromatic heterocycles. The minimum Gasteiger partial charge on any atom is -0.393 e. The van der Waals surface area contributed by atoms with Gasteiger partial charge in [-0.25, -0.2) is 0 Å². The number of aliphatic hydroxyl groups is 1. The highest BCUT2D eigenvalue weighted by Crippen LogP contribution is 2.67. The lowest BCUT2D eigenvalue weighted by Gasteiger charge is -2.59. The zero-order valence-corrected chi connectivity index (χ0v) is 18.0. The lowest BCUT2D eigenvalue weighted by molar-refractivity contribution is -0.125. The third-order valence-electron chi connectivity index (χ3n) is 10.1. The Balaban J connectivity index is 1.49. The molecule has 1 saturated heterocycles. The van der Waals surface area contributed by atoms with Gasteiger partial charge in [0.05, 0.1) is 6.10 Å². The fourth-order valence-corrected chi connectivity index (χ4v) is 8.80. The number of fused-ring (bicyclic) bond motifs is 5. The topological polar surface area (TPSA) is 49.3 Å². The van der Waals surface area contributed by atoms with E-state index in [9.17, 15) is 9.90 Å². The maximum atomic E-state index is 13.4. The van der Waals surface area contributed by atoms with Crippen LogP contribution in [0.5, 0.6) is 0 Å². The van der Waals surface area contributed by atoms with Crippen LogP contribution in [0.25, 0.3) is 0 Å². The summed E-state index contributed by atoms with van der Waals surface area (Å²) >= 11 is 0. The molecule has 3 saturated carbocycles. The van der Waals surface area contributed by atoms with Crippen LogP contribution in [0.4, 0.5) is 0 Å². The van der Waals surface area contributed by atoms with Crippen LogP contribution in [0.2, 0.25) is 0 Å². The summed E-state index contributed by atoms with van der Waals surface area (Å²) in [6.07, 6.45) is 11.1. The Morgan fingerprint density at radius 1 is 1.11 bits per heavy atom. The van der Waals surface area contributed by atoms with E-state index in [0.717, 1.165) is 38.8 Å². The highest BCUT2D eigenvalue weighted by molar-refractivity contribution is 5.85. The summed E-state index contributed by atoms with van der Waals surface area (Å²) in [7, 11) is 0. The Bertz CT molecular complexity index is 680. The molecule has 0 bridgehead atoms. The summed E-state index contributed by atoms with van der Waals surface area (Å²) in [5.74, 6) is 3.86. The Morgan fingerprint density at radius 3 is 2.68 bits per heavy atom. The number of hydrogen-bond donors (Lipinski definition) is 2. The molecule has 0 spiro atoms. The van der Waals surface area contributed by atoms with Gasteiger partial charge in [-0.1, -0.05) is 32.4 Å². The summed E-state index contributed by atoms with van der Waals surface area (Å²) in [5.41, 5.74) is 1.98. The molecule has 2 N–H and O–H groups in total. The number of hydrogen-bond acceptors (Lipinski definition) is 3. The molecule has 1 aliphatic heterocycles. The van der Waals surface area contributed by atoms with E-state index in [1.165, 1.54) is 31.3 Å². The van der Waals surface area contributed by atoms with Crippen molar-refractivity contribution in [2.45, 2.75) is 78.2 Å². The Kier molecular flexibility index (Phi) is 4.60. The van der Waals surface area contributed by atoms with Crippen LogP contribution in [-0.2, 0) is 4.79 Å². The number of aliphatic hydroxyl groups excluding tert-OH is 1. The van der Waals surface area contributed by atoms with Gasteiger partial charge in [-0.15, -0.1) is 0 Å². The molecule has 4 aliphatic carbocycles. The smallest absolute Gasteiger partial charge is 0.137 e. The number of allylic oxidation sites excluding steroid dienone is 1. The number of Topliss-reactive ketones (excluding diaryl/α,β-unsaturated/α-hetero) is 1. The molecule has 156 valence electrons. The highest BCUT2D eigenvalue weighted by atomic mass is 16.3. The van der Waals surface area contributed by atoms with Gasteiger partial charge in [-0.3, -0.25) is 4.79 Å². The minimum atomic E-state index is -0.145. The summed E-state index contributed by atoms with van der Waals surface area (Å²) in [6, 6.07) is 0. The quantitative estimate of drug-likeness (QED) is 0.660. The van der Waals surface area contributed by atoms with Gasteiger partial charge in [-0.2, -0.15) is 0 Å². The molecule has 1 heterocycles. The van der Waals surface area contributed by atoms with Crippen molar-refractivity contribution < 1.29 is 9.90 Å². The van der Waals surface area contributed by atoms with Gasteiger partial charge < -0.3 is 10.4 Å². The average Bonchev–Trinajstić information content (AvgIpc) is 2.94. The molecule has 3 heteroatoms. The van der Waals surface area contributed by atoms with Gasteiger partial charge in [0.1, 0.15) is 5.78 Å². The van der Waals surface area contributed by atoms with Gasteiger partial charge in [0, 0.05) is 12.3 Å². The minimum absolute atomic E-state index is 0.145. The predicted octanol–water partition coefficient (Wildman–Crippen LogP) is 4.35. The molecule has 4 unspecified atom stereocenters. The molecule has 28 heavy (non-hydrogen) atoms. The number of ketones is 1. The van der Waals surface area contributed by atoms with Crippen molar-refractivity contribution in [2.24, 2.45) is 46.3 Å². The van der Waals surface area contributed by atoms with E-state index >= 15 is 0 Å². The van der Waals surface area contributed by atoms with E-state index < -0.39 is 0 Å². The second-order valence-corrected chi connectivity index (χ2v) is 11.5. The third-order valence-corrected chi connectivity index (χ3v) is 10.1. The molecule has 3 nitrogen and oxygen atoms in total. The molecule has 0 radical (unpaired) electrons. The Labute approximate surface area is 170 Å².